The number of hydrogen-bond donors (Lipinski definition) is 2. The third-order valence-electron chi connectivity index (χ3n) is 2.01. The second-order valence-corrected chi connectivity index (χ2v) is 3.05. The van der Waals surface area contributed by atoms with E-state index >= 15 is 0 Å². The monoisotopic (exact) mass is 232 g/mol. The maximum absolute atomic E-state index is 12.2. The molecule has 16 heavy (non-hydrogen) atoms. The SMILES string of the molecule is COC(=O)c1cc(C(O)C(F)F)ccc1O. The number of esters is 1. The summed E-state index contributed by atoms with van der Waals surface area (Å²) in [5.41, 5.74) is -0.423. The summed E-state index contributed by atoms with van der Waals surface area (Å²) in [5.74, 6) is -1.25. The third kappa shape index (κ3) is 2.46. The van der Waals surface area contributed by atoms with Crippen molar-refractivity contribution in [1.29, 1.82) is 0 Å². The van der Waals surface area contributed by atoms with Gasteiger partial charge in [0.15, 0.2) is 0 Å². The molecule has 0 aromatic heterocycles. The molecule has 0 aliphatic carbocycles. The second kappa shape index (κ2) is 4.89. The Kier molecular flexibility index (Phi) is 3.78. The predicted molar refractivity (Wildman–Crippen MR) is 50.4 cm³/mol. The van der Waals surface area contributed by atoms with E-state index in [1.807, 2.05) is 0 Å². The van der Waals surface area contributed by atoms with E-state index in [0.29, 0.717) is 0 Å². The van der Waals surface area contributed by atoms with Gasteiger partial charge in [0, 0.05) is 0 Å². The summed E-state index contributed by atoms with van der Waals surface area (Å²) in [6.45, 7) is 0. The number of carbonyl (C=O) groups is 1. The lowest BCUT2D eigenvalue weighted by molar-refractivity contribution is -0.00588. The fraction of sp³-hybridized carbons (Fsp3) is 0.300. The average molecular weight is 232 g/mol. The molecule has 1 rings (SSSR count). The molecule has 0 heterocycles. The van der Waals surface area contributed by atoms with Crippen LogP contribution in [0.1, 0.15) is 22.0 Å². The van der Waals surface area contributed by atoms with Gasteiger partial charge in [-0.15, -0.1) is 0 Å². The molecule has 0 radical (unpaired) electrons. The topological polar surface area (TPSA) is 66.8 Å². The van der Waals surface area contributed by atoms with Crippen LogP contribution in [0.3, 0.4) is 0 Å². The molecular weight excluding hydrogens is 222 g/mol. The van der Waals surface area contributed by atoms with Gasteiger partial charge in [-0.2, -0.15) is 0 Å². The number of phenols is 1. The molecule has 0 saturated heterocycles. The molecule has 1 aromatic rings. The van der Waals surface area contributed by atoms with Gasteiger partial charge in [-0.1, -0.05) is 6.07 Å². The molecule has 4 nitrogen and oxygen atoms in total. The molecule has 6 heteroatoms. The van der Waals surface area contributed by atoms with Gasteiger partial charge in [0.05, 0.1) is 7.11 Å². The van der Waals surface area contributed by atoms with Crippen molar-refractivity contribution in [3.63, 3.8) is 0 Å². The lowest BCUT2D eigenvalue weighted by Crippen LogP contribution is -2.10. The van der Waals surface area contributed by atoms with Gasteiger partial charge in [-0.3, -0.25) is 0 Å². The first-order valence-corrected chi connectivity index (χ1v) is 4.34. The van der Waals surface area contributed by atoms with E-state index in [2.05, 4.69) is 4.74 Å². The molecule has 0 spiro atoms. The number of rotatable bonds is 3. The Morgan fingerprint density at radius 3 is 2.56 bits per heavy atom. The normalized spacial score (nSPS) is 12.6. The second-order valence-electron chi connectivity index (χ2n) is 3.05. The summed E-state index contributed by atoms with van der Waals surface area (Å²) in [6, 6.07) is 3.13. The molecule has 0 amide bonds. The summed E-state index contributed by atoms with van der Waals surface area (Å²) in [4.78, 5) is 11.1. The minimum absolute atomic E-state index is 0.159. The van der Waals surface area contributed by atoms with E-state index in [4.69, 9.17) is 5.11 Å². The van der Waals surface area contributed by atoms with Crippen LogP contribution in [0.25, 0.3) is 0 Å². The number of benzene rings is 1. The van der Waals surface area contributed by atoms with Crippen molar-refractivity contribution in [3.05, 3.63) is 29.3 Å². The van der Waals surface area contributed by atoms with Crippen LogP contribution in [-0.2, 0) is 4.74 Å². The molecule has 0 aliphatic heterocycles. The van der Waals surface area contributed by atoms with Crippen molar-refractivity contribution in [2.24, 2.45) is 0 Å². The number of phenolic OH excluding ortho intramolecular Hbond substituents is 1. The summed E-state index contributed by atoms with van der Waals surface area (Å²) in [5, 5.41) is 18.4. The number of aliphatic hydroxyl groups excluding tert-OH is 1. The minimum Gasteiger partial charge on any atom is -0.507 e. The zero-order chi connectivity index (χ0) is 12.3. The summed E-state index contributed by atoms with van der Waals surface area (Å²) < 4.78 is 28.7. The first-order valence-electron chi connectivity index (χ1n) is 4.34. The molecule has 1 unspecified atom stereocenters. The highest BCUT2D eigenvalue weighted by Crippen LogP contribution is 2.26. The zero-order valence-electron chi connectivity index (χ0n) is 8.35. The Balaban J connectivity index is 3.12. The maximum atomic E-state index is 12.2. The number of carbonyl (C=O) groups excluding carboxylic acids is 1. The van der Waals surface area contributed by atoms with Gasteiger partial charge >= 0.3 is 5.97 Å². The fourth-order valence-corrected chi connectivity index (χ4v) is 1.16. The quantitative estimate of drug-likeness (QED) is 0.774. The van der Waals surface area contributed by atoms with E-state index in [1.54, 1.807) is 0 Å². The maximum Gasteiger partial charge on any atom is 0.341 e. The van der Waals surface area contributed by atoms with Crippen molar-refractivity contribution in [1.82, 2.24) is 0 Å². The number of methoxy groups -OCH3 is 1. The van der Waals surface area contributed by atoms with Gasteiger partial charge in [0.2, 0.25) is 0 Å². The molecule has 0 bridgehead atoms. The van der Waals surface area contributed by atoms with Crippen LogP contribution in [0.4, 0.5) is 8.78 Å². The Hall–Kier alpha value is -1.69. The van der Waals surface area contributed by atoms with Crippen LogP contribution in [0.2, 0.25) is 0 Å². The number of hydrogen-bond acceptors (Lipinski definition) is 4. The van der Waals surface area contributed by atoms with Crippen molar-refractivity contribution >= 4 is 5.97 Å². The fourth-order valence-electron chi connectivity index (χ4n) is 1.16. The van der Waals surface area contributed by atoms with Gasteiger partial charge in [-0.05, 0) is 17.7 Å². The van der Waals surface area contributed by atoms with Gasteiger partial charge in [-0.25, -0.2) is 13.6 Å². The lowest BCUT2D eigenvalue weighted by Gasteiger charge is -2.11. The van der Waals surface area contributed by atoms with Gasteiger partial charge < -0.3 is 14.9 Å². The Labute approximate surface area is 90.1 Å². The molecule has 0 saturated carbocycles. The molecule has 1 atom stereocenters. The third-order valence-corrected chi connectivity index (χ3v) is 2.01. The van der Waals surface area contributed by atoms with Gasteiger partial charge in [0.1, 0.15) is 17.4 Å². The highest BCUT2D eigenvalue weighted by Gasteiger charge is 2.21. The molecule has 0 aliphatic rings. The number of halogens is 2. The Bertz CT molecular complexity index is 392. The van der Waals surface area contributed by atoms with Crippen LogP contribution >= 0.6 is 0 Å². The standard InChI is InChI=1S/C10H10F2O4/c1-16-10(15)6-4-5(2-3-7(6)13)8(14)9(11)12/h2-4,8-9,13-14H,1H3. The lowest BCUT2D eigenvalue weighted by atomic mass is 10.1. The van der Waals surface area contributed by atoms with Crippen LogP contribution in [0.5, 0.6) is 5.75 Å². The number of aliphatic hydroxyl groups is 1. The highest BCUT2D eigenvalue weighted by atomic mass is 19.3. The molecular formula is C10H10F2O4. The first kappa shape index (κ1) is 12.4. The van der Waals surface area contributed by atoms with Crippen molar-refractivity contribution in [2.45, 2.75) is 12.5 Å². The molecule has 0 fully saturated rings. The van der Waals surface area contributed by atoms with E-state index in [0.717, 1.165) is 25.3 Å². The Morgan fingerprint density at radius 1 is 1.44 bits per heavy atom. The summed E-state index contributed by atoms with van der Waals surface area (Å²) >= 11 is 0. The van der Waals surface area contributed by atoms with Crippen molar-refractivity contribution in [3.8, 4) is 5.75 Å². The van der Waals surface area contributed by atoms with Crippen LogP contribution in [0, 0.1) is 0 Å². The number of aromatic hydroxyl groups is 1. The smallest absolute Gasteiger partial charge is 0.341 e. The van der Waals surface area contributed by atoms with Crippen molar-refractivity contribution < 1.29 is 28.5 Å². The average Bonchev–Trinajstić information content (AvgIpc) is 2.27. The van der Waals surface area contributed by atoms with E-state index in [9.17, 15) is 18.7 Å². The van der Waals surface area contributed by atoms with E-state index in [1.165, 1.54) is 0 Å². The number of alkyl halides is 2. The minimum atomic E-state index is -2.96. The van der Waals surface area contributed by atoms with E-state index < -0.39 is 24.2 Å². The van der Waals surface area contributed by atoms with Crippen LogP contribution in [-0.4, -0.2) is 29.7 Å². The van der Waals surface area contributed by atoms with Gasteiger partial charge in [0.25, 0.3) is 6.43 Å². The Morgan fingerprint density at radius 2 is 2.06 bits per heavy atom. The summed E-state index contributed by atoms with van der Waals surface area (Å²) in [6.07, 6.45) is -4.96. The van der Waals surface area contributed by atoms with Crippen LogP contribution < -0.4 is 0 Å². The van der Waals surface area contributed by atoms with Crippen molar-refractivity contribution in [2.75, 3.05) is 7.11 Å². The predicted octanol–water partition coefficient (Wildman–Crippen LogP) is 1.48. The molecule has 88 valence electrons. The molecule has 1 aromatic carbocycles. The highest BCUT2D eigenvalue weighted by molar-refractivity contribution is 5.92. The largest absolute Gasteiger partial charge is 0.507 e. The summed E-state index contributed by atoms with van der Waals surface area (Å²) in [7, 11) is 1.10. The van der Waals surface area contributed by atoms with Crippen LogP contribution in [0.15, 0.2) is 18.2 Å². The molecule has 2 N–H and O–H groups in total. The number of ether oxygens (including phenoxy) is 1. The first-order chi connectivity index (χ1) is 7.47. The van der Waals surface area contributed by atoms with E-state index in [-0.39, 0.29) is 11.1 Å². The zero-order valence-corrected chi connectivity index (χ0v) is 8.35.